The van der Waals surface area contributed by atoms with Crippen molar-refractivity contribution in [2.75, 3.05) is 20.8 Å². The molecule has 1 aromatic heterocycles. The van der Waals surface area contributed by atoms with Crippen LogP contribution >= 0.6 is 23.2 Å². The van der Waals surface area contributed by atoms with E-state index in [1.54, 1.807) is 12.1 Å². The second-order valence-electron chi connectivity index (χ2n) is 5.91. The molecule has 0 amide bonds. The van der Waals surface area contributed by atoms with Gasteiger partial charge in [0.25, 0.3) is 0 Å². The van der Waals surface area contributed by atoms with E-state index in [0.717, 1.165) is 11.3 Å². The molecule has 0 atom stereocenters. The highest BCUT2D eigenvalue weighted by molar-refractivity contribution is 6.41. The van der Waals surface area contributed by atoms with E-state index in [9.17, 15) is 4.79 Å². The Morgan fingerprint density at radius 1 is 1.21 bits per heavy atom. The number of hydrogen-bond donors (Lipinski definition) is 2. The number of halogens is 2. The number of guanidine groups is 1. The number of carbonyl (C=O) groups excluding carboxylic acids is 1. The summed E-state index contributed by atoms with van der Waals surface area (Å²) in [6.45, 7) is 3.62. The van der Waals surface area contributed by atoms with E-state index in [-0.39, 0.29) is 0 Å². The molecule has 0 aliphatic carbocycles. The van der Waals surface area contributed by atoms with Crippen LogP contribution in [0.5, 0.6) is 5.75 Å². The maximum Gasteiger partial charge on any atom is 0.341 e. The summed E-state index contributed by atoms with van der Waals surface area (Å²) < 4.78 is 11.9. The van der Waals surface area contributed by atoms with E-state index in [2.05, 4.69) is 15.6 Å². The van der Waals surface area contributed by atoms with Crippen LogP contribution in [0.15, 0.2) is 29.3 Å². The van der Waals surface area contributed by atoms with Gasteiger partial charge in [-0.25, -0.2) is 9.79 Å². The van der Waals surface area contributed by atoms with Crippen molar-refractivity contribution in [3.05, 3.63) is 51.3 Å². The highest BCUT2D eigenvalue weighted by Gasteiger charge is 2.13. The van der Waals surface area contributed by atoms with Gasteiger partial charge in [-0.1, -0.05) is 29.3 Å². The van der Waals surface area contributed by atoms with Gasteiger partial charge in [-0.15, -0.1) is 0 Å². The molecule has 0 saturated heterocycles. The predicted octanol–water partition coefficient (Wildman–Crippen LogP) is 3.38. The number of benzene rings is 1. The summed E-state index contributed by atoms with van der Waals surface area (Å²) in [4.78, 5) is 16.3. The first-order chi connectivity index (χ1) is 13.4. The SMILES string of the molecule is CCNC(=NCc1ccc(C(=O)OC)c(OC)c1)NCc1cc(Cl)c(Cl)n1C. The molecule has 0 bridgehead atoms. The highest BCUT2D eigenvalue weighted by Crippen LogP contribution is 2.25. The summed E-state index contributed by atoms with van der Waals surface area (Å²) in [5.74, 6) is 0.652. The molecule has 152 valence electrons. The van der Waals surface area contributed by atoms with Gasteiger partial charge in [0.2, 0.25) is 0 Å². The van der Waals surface area contributed by atoms with Crippen LogP contribution in [0.2, 0.25) is 10.2 Å². The van der Waals surface area contributed by atoms with Crippen molar-refractivity contribution in [2.24, 2.45) is 12.0 Å². The van der Waals surface area contributed by atoms with Crippen LogP contribution in [0.3, 0.4) is 0 Å². The van der Waals surface area contributed by atoms with Gasteiger partial charge in [-0.2, -0.15) is 0 Å². The number of aliphatic imine (C=N–C) groups is 1. The number of ether oxygens (including phenoxy) is 2. The number of hydrogen-bond acceptors (Lipinski definition) is 4. The molecule has 0 fully saturated rings. The van der Waals surface area contributed by atoms with Gasteiger partial charge < -0.3 is 24.7 Å². The topological polar surface area (TPSA) is 76.9 Å². The first-order valence-corrected chi connectivity index (χ1v) is 9.43. The zero-order valence-electron chi connectivity index (χ0n) is 16.3. The van der Waals surface area contributed by atoms with Crippen LogP contribution in [0.1, 0.15) is 28.5 Å². The molecular weight excluding hydrogens is 403 g/mol. The summed E-state index contributed by atoms with van der Waals surface area (Å²) in [5.41, 5.74) is 2.21. The number of rotatable bonds is 7. The third-order valence-electron chi connectivity index (χ3n) is 4.09. The summed E-state index contributed by atoms with van der Waals surface area (Å²) in [6.07, 6.45) is 0. The summed E-state index contributed by atoms with van der Waals surface area (Å²) >= 11 is 12.2. The molecule has 2 N–H and O–H groups in total. The molecular formula is C19H24Cl2N4O3. The fraction of sp³-hybridized carbons (Fsp3) is 0.368. The summed E-state index contributed by atoms with van der Waals surface area (Å²) in [6, 6.07) is 7.08. The van der Waals surface area contributed by atoms with Crippen LogP contribution < -0.4 is 15.4 Å². The molecule has 1 aromatic carbocycles. The predicted molar refractivity (Wildman–Crippen MR) is 111 cm³/mol. The molecule has 2 aromatic rings. The Kier molecular flexibility index (Phi) is 8.02. The standard InChI is InChI=1S/C19H24Cl2N4O3/c1-5-22-19(24-11-13-9-15(20)17(21)25(13)2)23-10-12-6-7-14(18(26)28-4)16(8-12)27-3/h6-9H,5,10-11H2,1-4H3,(H2,22,23,24). The minimum Gasteiger partial charge on any atom is -0.496 e. The molecule has 0 spiro atoms. The smallest absolute Gasteiger partial charge is 0.341 e. The van der Waals surface area contributed by atoms with Crippen LogP contribution in [0, 0.1) is 0 Å². The number of carbonyl (C=O) groups is 1. The zero-order chi connectivity index (χ0) is 20.7. The van der Waals surface area contributed by atoms with Crippen molar-refractivity contribution in [3.8, 4) is 5.75 Å². The Hall–Kier alpha value is -2.38. The lowest BCUT2D eigenvalue weighted by Crippen LogP contribution is -2.37. The second-order valence-corrected chi connectivity index (χ2v) is 6.67. The van der Waals surface area contributed by atoms with Gasteiger partial charge in [0.1, 0.15) is 16.5 Å². The fourth-order valence-electron chi connectivity index (χ4n) is 2.56. The second kappa shape index (κ2) is 10.2. The lowest BCUT2D eigenvalue weighted by molar-refractivity contribution is 0.0597. The molecule has 0 saturated carbocycles. The van der Waals surface area contributed by atoms with Crippen molar-refractivity contribution in [2.45, 2.75) is 20.0 Å². The van der Waals surface area contributed by atoms with Gasteiger partial charge in [0, 0.05) is 19.3 Å². The Morgan fingerprint density at radius 2 is 1.96 bits per heavy atom. The van der Waals surface area contributed by atoms with E-state index < -0.39 is 5.97 Å². The molecule has 7 nitrogen and oxygen atoms in total. The van der Waals surface area contributed by atoms with Crippen molar-refractivity contribution >= 4 is 35.1 Å². The molecule has 0 aliphatic heterocycles. The molecule has 0 unspecified atom stereocenters. The number of nitrogens with one attached hydrogen (secondary N) is 2. The minimum absolute atomic E-state index is 0.375. The quantitative estimate of drug-likeness (QED) is 0.403. The highest BCUT2D eigenvalue weighted by atomic mass is 35.5. The molecule has 1 heterocycles. The van der Waals surface area contributed by atoms with Crippen molar-refractivity contribution in [3.63, 3.8) is 0 Å². The number of nitrogens with zero attached hydrogens (tertiary/aromatic N) is 2. The van der Waals surface area contributed by atoms with Crippen LogP contribution in [-0.2, 0) is 24.9 Å². The van der Waals surface area contributed by atoms with Crippen molar-refractivity contribution in [1.29, 1.82) is 0 Å². The van der Waals surface area contributed by atoms with Gasteiger partial charge >= 0.3 is 5.97 Å². The van der Waals surface area contributed by atoms with Gasteiger partial charge in [0.15, 0.2) is 5.96 Å². The minimum atomic E-state index is -0.443. The Balaban J connectivity index is 2.11. The third kappa shape index (κ3) is 5.33. The number of esters is 1. The van der Waals surface area contributed by atoms with Gasteiger partial charge in [-0.3, -0.25) is 0 Å². The molecule has 0 aliphatic rings. The fourth-order valence-corrected chi connectivity index (χ4v) is 2.97. The first kappa shape index (κ1) is 21.9. The van der Waals surface area contributed by atoms with Gasteiger partial charge in [-0.05, 0) is 30.7 Å². The van der Waals surface area contributed by atoms with Crippen molar-refractivity contribution in [1.82, 2.24) is 15.2 Å². The zero-order valence-corrected chi connectivity index (χ0v) is 17.8. The molecule has 0 radical (unpaired) electrons. The molecule has 9 heteroatoms. The van der Waals surface area contributed by atoms with E-state index in [1.165, 1.54) is 14.2 Å². The molecule has 2 rings (SSSR count). The first-order valence-electron chi connectivity index (χ1n) is 8.68. The Morgan fingerprint density at radius 3 is 2.54 bits per heavy atom. The lowest BCUT2D eigenvalue weighted by Gasteiger charge is -2.12. The van der Waals surface area contributed by atoms with Crippen LogP contribution in [0.25, 0.3) is 0 Å². The summed E-state index contributed by atoms with van der Waals surface area (Å²) in [5, 5.41) is 7.45. The Labute approximate surface area is 174 Å². The van der Waals surface area contributed by atoms with Crippen LogP contribution in [0.4, 0.5) is 0 Å². The average Bonchev–Trinajstić information content (AvgIpc) is 2.95. The monoisotopic (exact) mass is 426 g/mol. The van der Waals surface area contributed by atoms with E-state index in [0.29, 0.717) is 47.1 Å². The van der Waals surface area contributed by atoms with Gasteiger partial charge in [0.05, 0.1) is 32.3 Å². The molecule has 28 heavy (non-hydrogen) atoms. The van der Waals surface area contributed by atoms with E-state index in [1.807, 2.05) is 30.7 Å². The Bertz CT molecular complexity index is 865. The van der Waals surface area contributed by atoms with E-state index in [4.69, 9.17) is 32.7 Å². The lowest BCUT2D eigenvalue weighted by atomic mass is 10.1. The van der Waals surface area contributed by atoms with E-state index >= 15 is 0 Å². The van der Waals surface area contributed by atoms with Crippen LogP contribution in [-0.4, -0.2) is 37.3 Å². The normalized spacial score (nSPS) is 11.3. The maximum atomic E-state index is 11.8. The maximum absolute atomic E-state index is 11.8. The number of aromatic nitrogens is 1. The largest absolute Gasteiger partial charge is 0.496 e. The average molecular weight is 427 g/mol. The summed E-state index contributed by atoms with van der Waals surface area (Å²) in [7, 11) is 4.70. The van der Waals surface area contributed by atoms with Crippen molar-refractivity contribution < 1.29 is 14.3 Å². The number of methoxy groups -OCH3 is 2. The third-order valence-corrected chi connectivity index (χ3v) is 4.93.